The van der Waals surface area contributed by atoms with E-state index in [1.165, 1.54) is 0 Å². The summed E-state index contributed by atoms with van der Waals surface area (Å²) in [6.07, 6.45) is 3.43. The molecule has 1 atom stereocenters. The zero-order valence-corrected chi connectivity index (χ0v) is 8.37. The SMILES string of the molecule is C[C@@H](N)c1cncc(I)c1N. The maximum atomic E-state index is 5.76. The number of aromatic nitrogens is 1. The Hall–Kier alpha value is -0.360. The standard InChI is InChI=1S/C7H10IN3/c1-4(9)5-2-11-3-6(8)7(5)10/h2-4H,9H2,1H3,(H2,10,11)/t4-/m1/s1. The molecule has 4 N–H and O–H groups in total. The van der Waals surface area contributed by atoms with Crippen LogP contribution >= 0.6 is 22.6 Å². The minimum absolute atomic E-state index is 0.0442. The predicted octanol–water partition coefficient (Wildman–Crippen LogP) is 1.29. The van der Waals surface area contributed by atoms with E-state index in [0.29, 0.717) is 0 Å². The third kappa shape index (κ3) is 1.81. The van der Waals surface area contributed by atoms with Crippen LogP contribution in [-0.2, 0) is 0 Å². The van der Waals surface area contributed by atoms with E-state index in [-0.39, 0.29) is 6.04 Å². The molecular formula is C7H10IN3. The van der Waals surface area contributed by atoms with Crippen LogP contribution in [0.2, 0.25) is 0 Å². The van der Waals surface area contributed by atoms with Gasteiger partial charge in [0, 0.05) is 24.0 Å². The quantitative estimate of drug-likeness (QED) is 0.750. The number of hydrogen-bond donors (Lipinski definition) is 2. The summed E-state index contributed by atoms with van der Waals surface area (Å²) < 4.78 is 0.956. The Morgan fingerprint density at radius 1 is 1.55 bits per heavy atom. The molecule has 0 radical (unpaired) electrons. The molecule has 1 aromatic rings. The number of nitrogens with zero attached hydrogens (tertiary/aromatic N) is 1. The number of rotatable bonds is 1. The highest BCUT2D eigenvalue weighted by Crippen LogP contribution is 2.21. The molecule has 0 aromatic carbocycles. The smallest absolute Gasteiger partial charge is 0.0546 e. The molecule has 0 amide bonds. The van der Waals surface area contributed by atoms with Gasteiger partial charge in [-0.1, -0.05) is 0 Å². The molecule has 0 aliphatic heterocycles. The lowest BCUT2D eigenvalue weighted by atomic mass is 10.1. The molecule has 0 aliphatic carbocycles. The first-order valence-corrected chi connectivity index (χ1v) is 4.35. The van der Waals surface area contributed by atoms with Gasteiger partial charge in [-0.15, -0.1) is 0 Å². The average molecular weight is 263 g/mol. The summed E-state index contributed by atoms with van der Waals surface area (Å²) in [5, 5.41) is 0. The third-order valence-electron chi connectivity index (χ3n) is 1.46. The molecular weight excluding hydrogens is 253 g/mol. The van der Waals surface area contributed by atoms with Crippen LogP contribution in [0, 0.1) is 3.57 Å². The fourth-order valence-corrected chi connectivity index (χ4v) is 1.30. The number of halogens is 1. The van der Waals surface area contributed by atoms with Crippen LogP contribution in [0.15, 0.2) is 12.4 Å². The van der Waals surface area contributed by atoms with Crippen LogP contribution in [0.1, 0.15) is 18.5 Å². The van der Waals surface area contributed by atoms with Gasteiger partial charge in [-0.3, -0.25) is 4.98 Å². The van der Waals surface area contributed by atoms with Crippen molar-refractivity contribution < 1.29 is 0 Å². The summed E-state index contributed by atoms with van der Waals surface area (Å²) in [6.45, 7) is 1.89. The lowest BCUT2D eigenvalue weighted by Gasteiger charge is -2.08. The van der Waals surface area contributed by atoms with Gasteiger partial charge in [0.25, 0.3) is 0 Å². The Bertz CT molecular complexity index is 260. The van der Waals surface area contributed by atoms with Crippen molar-refractivity contribution in [3.63, 3.8) is 0 Å². The van der Waals surface area contributed by atoms with Crippen molar-refractivity contribution in [2.24, 2.45) is 5.73 Å². The van der Waals surface area contributed by atoms with Gasteiger partial charge in [0.15, 0.2) is 0 Å². The van der Waals surface area contributed by atoms with Crippen LogP contribution in [0.3, 0.4) is 0 Å². The zero-order chi connectivity index (χ0) is 8.43. The summed E-state index contributed by atoms with van der Waals surface area (Å²) >= 11 is 2.14. The Kier molecular flexibility index (Phi) is 2.67. The molecule has 11 heavy (non-hydrogen) atoms. The molecule has 4 heteroatoms. The molecule has 0 fully saturated rings. The second-order valence-corrected chi connectivity index (χ2v) is 3.58. The van der Waals surface area contributed by atoms with Crippen LogP contribution in [0.5, 0.6) is 0 Å². The van der Waals surface area contributed by atoms with Gasteiger partial charge in [0.05, 0.1) is 9.26 Å². The van der Waals surface area contributed by atoms with Crippen LogP contribution in [0.4, 0.5) is 5.69 Å². The highest BCUT2D eigenvalue weighted by atomic mass is 127. The van der Waals surface area contributed by atoms with E-state index < -0.39 is 0 Å². The van der Waals surface area contributed by atoms with Crippen LogP contribution in [-0.4, -0.2) is 4.98 Å². The van der Waals surface area contributed by atoms with E-state index in [0.717, 1.165) is 14.8 Å². The normalized spacial score (nSPS) is 13.0. The Morgan fingerprint density at radius 2 is 2.18 bits per heavy atom. The third-order valence-corrected chi connectivity index (χ3v) is 2.32. The largest absolute Gasteiger partial charge is 0.398 e. The summed E-state index contributed by atoms with van der Waals surface area (Å²) in [6, 6.07) is -0.0442. The first-order chi connectivity index (χ1) is 5.13. The summed E-state index contributed by atoms with van der Waals surface area (Å²) in [5.74, 6) is 0. The van der Waals surface area contributed by atoms with Gasteiger partial charge in [0.2, 0.25) is 0 Å². The minimum atomic E-state index is -0.0442. The highest BCUT2D eigenvalue weighted by molar-refractivity contribution is 14.1. The highest BCUT2D eigenvalue weighted by Gasteiger charge is 2.06. The predicted molar refractivity (Wildman–Crippen MR) is 54.0 cm³/mol. The fourth-order valence-electron chi connectivity index (χ4n) is 0.823. The van der Waals surface area contributed by atoms with E-state index in [2.05, 4.69) is 27.6 Å². The molecule has 0 spiro atoms. The monoisotopic (exact) mass is 263 g/mol. The van der Waals surface area contributed by atoms with Crippen molar-refractivity contribution in [2.75, 3.05) is 5.73 Å². The van der Waals surface area contributed by atoms with Gasteiger partial charge in [-0.25, -0.2) is 0 Å². The summed E-state index contributed by atoms with van der Waals surface area (Å²) in [7, 11) is 0. The van der Waals surface area contributed by atoms with Crippen molar-refractivity contribution in [1.29, 1.82) is 0 Å². The summed E-state index contributed by atoms with van der Waals surface area (Å²) in [5.41, 5.74) is 13.1. The molecule has 0 saturated heterocycles. The van der Waals surface area contributed by atoms with Crippen LogP contribution in [0.25, 0.3) is 0 Å². The minimum Gasteiger partial charge on any atom is -0.398 e. The van der Waals surface area contributed by atoms with Crippen molar-refractivity contribution in [3.8, 4) is 0 Å². The topological polar surface area (TPSA) is 64.9 Å². The van der Waals surface area contributed by atoms with E-state index in [1.807, 2.05) is 6.92 Å². The van der Waals surface area contributed by atoms with Crippen molar-refractivity contribution >= 4 is 28.3 Å². The second-order valence-electron chi connectivity index (χ2n) is 2.41. The molecule has 0 aliphatic rings. The van der Waals surface area contributed by atoms with Crippen molar-refractivity contribution in [3.05, 3.63) is 21.5 Å². The van der Waals surface area contributed by atoms with E-state index in [9.17, 15) is 0 Å². The number of hydrogen-bond acceptors (Lipinski definition) is 3. The number of nitrogen functional groups attached to an aromatic ring is 1. The average Bonchev–Trinajstić information content (AvgIpc) is 1.94. The van der Waals surface area contributed by atoms with Crippen LogP contribution < -0.4 is 11.5 Å². The van der Waals surface area contributed by atoms with Crippen molar-refractivity contribution in [1.82, 2.24) is 4.98 Å². The zero-order valence-electron chi connectivity index (χ0n) is 6.21. The maximum absolute atomic E-state index is 5.76. The first kappa shape index (κ1) is 8.73. The number of anilines is 1. The molecule has 1 aromatic heterocycles. The van der Waals surface area contributed by atoms with Gasteiger partial charge in [-0.2, -0.15) is 0 Å². The summed E-state index contributed by atoms with van der Waals surface area (Å²) in [4.78, 5) is 4.00. The van der Waals surface area contributed by atoms with E-state index >= 15 is 0 Å². The fraction of sp³-hybridized carbons (Fsp3) is 0.286. The Morgan fingerprint density at radius 3 is 2.64 bits per heavy atom. The lowest BCUT2D eigenvalue weighted by Crippen LogP contribution is -2.09. The molecule has 0 bridgehead atoms. The van der Waals surface area contributed by atoms with Gasteiger partial charge in [-0.05, 0) is 29.5 Å². The maximum Gasteiger partial charge on any atom is 0.0546 e. The molecule has 60 valence electrons. The molecule has 0 saturated carbocycles. The van der Waals surface area contributed by atoms with E-state index in [4.69, 9.17) is 11.5 Å². The molecule has 1 rings (SSSR count). The van der Waals surface area contributed by atoms with Gasteiger partial charge >= 0.3 is 0 Å². The first-order valence-electron chi connectivity index (χ1n) is 3.27. The number of pyridine rings is 1. The number of nitrogens with two attached hydrogens (primary N) is 2. The van der Waals surface area contributed by atoms with Crippen molar-refractivity contribution in [2.45, 2.75) is 13.0 Å². The molecule has 3 nitrogen and oxygen atoms in total. The second kappa shape index (κ2) is 3.36. The lowest BCUT2D eigenvalue weighted by molar-refractivity contribution is 0.814. The van der Waals surface area contributed by atoms with Gasteiger partial charge < -0.3 is 11.5 Å². The molecule has 0 unspecified atom stereocenters. The Labute approximate surface area is 79.3 Å². The molecule has 1 heterocycles. The van der Waals surface area contributed by atoms with E-state index in [1.54, 1.807) is 12.4 Å². The van der Waals surface area contributed by atoms with Gasteiger partial charge in [0.1, 0.15) is 0 Å². The Balaban J connectivity index is 3.17.